The van der Waals surface area contributed by atoms with E-state index in [9.17, 15) is 43.2 Å². The lowest BCUT2D eigenvalue weighted by atomic mass is 10.0. The summed E-state index contributed by atoms with van der Waals surface area (Å²) >= 11 is 0. The Morgan fingerprint density at radius 2 is 0.484 bits per heavy atom. The van der Waals surface area contributed by atoms with Crippen molar-refractivity contribution < 1.29 is 80.2 Å². The van der Waals surface area contributed by atoms with Crippen molar-refractivity contribution in [1.82, 2.24) is 0 Å². The van der Waals surface area contributed by atoms with Crippen molar-refractivity contribution in [1.29, 1.82) is 0 Å². The molecule has 0 fully saturated rings. The second-order valence-electron chi connectivity index (χ2n) is 28.3. The fourth-order valence-electron chi connectivity index (χ4n) is 11.7. The zero-order chi connectivity index (χ0) is 70.0. The van der Waals surface area contributed by atoms with Crippen LogP contribution in [0.3, 0.4) is 0 Å². The molecule has 0 aromatic heterocycles. The predicted molar refractivity (Wildman–Crippen MR) is 386 cm³/mol. The number of carbonyl (C=O) groups is 4. The number of phosphoric acid groups is 2. The average molecular weight is 1400 g/mol. The highest BCUT2D eigenvalue weighted by molar-refractivity contribution is 7.47. The van der Waals surface area contributed by atoms with Crippen molar-refractivity contribution in [2.45, 2.75) is 413 Å². The van der Waals surface area contributed by atoms with Gasteiger partial charge in [-0.15, -0.1) is 0 Å². The maximum absolute atomic E-state index is 13.1. The molecule has 0 bridgehead atoms. The van der Waals surface area contributed by atoms with E-state index in [4.69, 9.17) is 37.0 Å². The standard InChI is InChI=1S/C76H148O17P2/c1-7-9-11-13-15-17-19-22-29-36-42-48-54-60-75(80)92-71(64-86-73(78)58-52-46-40-34-26-18-16-14-12-10-8-2)66-90-94(82,83)88-62-70(77)63-89-95(84,85)91-67-72(65-87-74(79)59-53-47-41-35-31-25-28-33-39-45-51-57-69(5)6)93-76(81)61-55-49-43-37-30-24-21-20-23-27-32-38-44-50-56-68(3)4/h68-72,77H,7-67H2,1-6H3,(H,82,83)(H,84,85)/t70-,71+,72+/m0/s1. The fraction of sp³-hybridized carbons (Fsp3) is 0.947. The van der Waals surface area contributed by atoms with Crippen molar-refractivity contribution >= 4 is 39.5 Å². The Balaban J connectivity index is 5.25. The first kappa shape index (κ1) is 93.1. The molecule has 0 radical (unpaired) electrons. The third-order valence-corrected chi connectivity index (χ3v) is 19.6. The van der Waals surface area contributed by atoms with Crippen LogP contribution < -0.4 is 0 Å². The number of rotatable bonds is 75. The molecule has 0 heterocycles. The third kappa shape index (κ3) is 70.3. The van der Waals surface area contributed by atoms with Gasteiger partial charge in [0.25, 0.3) is 0 Å². The van der Waals surface area contributed by atoms with Crippen molar-refractivity contribution in [3.05, 3.63) is 0 Å². The van der Waals surface area contributed by atoms with Crippen molar-refractivity contribution in [2.75, 3.05) is 39.6 Å². The van der Waals surface area contributed by atoms with Crippen molar-refractivity contribution in [3.8, 4) is 0 Å². The van der Waals surface area contributed by atoms with E-state index in [1.807, 2.05) is 0 Å². The molecule has 19 heteroatoms. The Kier molecular flexibility index (Phi) is 66.5. The molecule has 0 spiro atoms. The van der Waals surface area contributed by atoms with E-state index in [-0.39, 0.29) is 25.7 Å². The largest absolute Gasteiger partial charge is 0.472 e. The molecule has 0 rings (SSSR count). The van der Waals surface area contributed by atoms with Gasteiger partial charge in [0, 0.05) is 25.7 Å². The molecule has 0 aliphatic rings. The van der Waals surface area contributed by atoms with Crippen LogP contribution >= 0.6 is 15.6 Å². The first-order chi connectivity index (χ1) is 45.9. The van der Waals surface area contributed by atoms with Gasteiger partial charge >= 0.3 is 39.5 Å². The number of aliphatic hydroxyl groups excluding tert-OH is 1. The molecular formula is C76H148O17P2. The highest BCUT2D eigenvalue weighted by Crippen LogP contribution is 2.45. The molecule has 5 atom stereocenters. The van der Waals surface area contributed by atoms with Crippen LogP contribution in [0.4, 0.5) is 0 Å². The van der Waals surface area contributed by atoms with Crippen LogP contribution in [0.25, 0.3) is 0 Å². The minimum Gasteiger partial charge on any atom is -0.462 e. The molecule has 0 amide bonds. The van der Waals surface area contributed by atoms with E-state index in [1.54, 1.807) is 0 Å². The van der Waals surface area contributed by atoms with Gasteiger partial charge in [0.15, 0.2) is 12.2 Å². The zero-order valence-corrected chi connectivity index (χ0v) is 63.8. The molecule has 0 saturated carbocycles. The molecule has 0 saturated heterocycles. The number of ether oxygens (including phenoxy) is 4. The number of unbranched alkanes of at least 4 members (excludes halogenated alkanes) is 45. The van der Waals surface area contributed by atoms with Gasteiger partial charge in [-0.1, -0.05) is 343 Å². The predicted octanol–water partition coefficient (Wildman–Crippen LogP) is 22.3. The normalized spacial score (nSPS) is 14.0. The van der Waals surface area contributed by atoms with E-state index in [0.29, 0.717) is 25.7 Å². The summed E-state index contributed by atoms with van der Waals surface area (Å²) in [5.41, 5.74) is 0. The number of hydrogen-bond donors (Lipinski definition) is 3. The molecular weight excluding hydrogens is 1250 g/mol. The lowest BCUT2D eigenvalue weighted by Gasteiger charge is -2.21. The van der Waals surface area contributed by atoms with E-state index < -0.39 is 97.5 Å². The van der Waals surface area contributed by atoms with Gasteiger partial charge in [-0.25, -0.2) is 9.13 Å². The Morgan fingerprint density at radius 1 is 0.284 bits per heavy atom. The maximum Gasteiger partial charge on any atom is 0.472 e. The number of aliphatic hydroxyl groups is 1. The highest BCUT2D eigenvalue weighted by atomic mass is 31.2. The third-order valence-electron chi connectivity index (χ3n) is 17.7. The van der Waals surface area contributed by atoms with Crippen molar-refractivity contribution in [3.63, 3.8) is 0 Å². The lowest BCUT2D eigenvalue weighted by molar-refractivity contribution is -0.161. The number of carbonyl (C=O) groups excluding carboxylic acids is 4. The molecule has 2 unspecified atom stereocenters. The van der Waals surface area contributed by atoms with Gasteiger partial charge in [0.1, 0.15) is 19.3 Å². The Morgan fingerprint density at radius 3 is 0.716 bits per heavy atom. The minimum absolute atomic E-state index is 0.108. The lowest BCUT2D eigenvalue weighted by Crippen LogP contribution is -2.30. The van der Waals surface area contributed by atoms with Crippen LogP contribution in [-0.4, -0.2) is 96.7 Å². The topological polar surface area (TPSA) is 237 Å². The molecule has 3 N–H and O–H groups in total. The summed E-state index contributed by atoms with van der Waals surface area (Å²) in [6.07, 6.45) is 55.3. The van der Waals surface area contributed by atoms with Crippen LogP contribution in [0.5, 0.6) is 0 Å². The molecule has 17 nitrogen and oxygen atoms in total. The van der Waals surface area contributed by atoms with Crippen LogP contribution in [0.15, 0.2) is 0 Å². The Labute approximate surface area is 581 Å². The van der Waals surface area contributed by atoms with Gasteiger partial charge < -0.3 is 33.8 Å². The molecule has 0 aliphatic carbocycles. The van der Waals surface area contributed by atoms with Crippen LogP contribution in [0, 0.1) is 11.8 Å². The second kappa shape index (κ2) is 67.9. The summed E-state index contributed by atoms with van der Waals surface area (Å²) in [7, 11) is -9.91. The Bertz CT molecular complexity index is 1840. The summed E-state index contributed by atoms with van der Waals surface area (Å²) in [6, 6.07) is 0. The average Bonchev–Trinajstić information content (AvgIpc) is 1.38. The van der Waals surface area contributed by atoms with Crippen LogP contribution in [0.1, 0.15) is 395 Å². The molecule has 564 valence electrons. The van der Waals surface area contributed by atoms with Gasteiger partial charge in [-0.2, -0.15) is 0 Å². The zero-order valence-electron chi connectivity index (χ0n) is 62.0. The first-order valence-electron chi connectivity index (χ1n) is 39.5. The van der Waals surface area contributed by atoms with Gasteiger partial charge in [0.05, 0.1) is 26.4 Å². The second-order valence-corrected chi connectivity index (χ2v) is 31.3. The summed E-state index contributed by atoms with van der Waals surface area (Å²) in [4.78, 5) is 72.8. The fourth-order valence-corrected chi connectivity index (χ4v) is 13.2. The van der Waals surface area contributed by atoms with E-state index >= 15 is 0 Å². The van der Waals surface area contributed by atoms with Gasteiger partial charge in [0.2, 0.25) is 0 Å². The molecule has 0 aliphatic heterocycles. The monoisotopic (exact) mass is 1400 g/mol. The summed E-state index contributed by atoms with van der Waals surface area (Å²) in [6.45, 7) is 9.63. The van der Waals surface area contributed by atoms with Crippen molar-refractivity contribution in [2.24, 2.45) is 11.8 Å². The summed E-state index contributed by atoms with van der Waals surface area (Å²) in [5.74, 6) is -0.547. The SMILES string of the molecule is CCCCCCCCCCCCCCCC(=O)O[C@H](COC(=O)CCCCCCCCCCCCC)COP(=O)(O)OC[C@H](O)COP(=O)(O)OC[C@@H](COC(=O)CCCCCCCCCCCCCC(C)C)OC(=O)CCCCCCCCCCCCCCCCC(C)C. The quantitative estimate of drug-likeness (QED) is 0.0222. The molecule has 0 aromatic rings. The van der Waals surface area contributed by atoms with E-state index in [0.717, 1.165) is 102 Å². The first-order valence-corrected chi connectivity index (χ1v) is 42.5. The van der Waals surface area contributed by atoms with Gasteiger partial charge in [-0.3, -0.25) is 37.3 Å². The number of phosphoric ester groups is 2. The number of hydrogen-bond acceptors (Lipinski definition) is 15. The van der Waals surface area contributed by atoms with Gasteiger partial charge in [-0.05, 0) is 37.5 Å². The number of esters is 4. The van der Waals surface area contributed by atoms with Crippen LogP contribution in [0.2, 0.25) is 0 Å². The summed E-state index contributed by atoms with van der Waals surface area (Å²) < 4.78 is 68.5. The van der Waals surface area contributed by atoms with E-state index in [1.165, 1.54) is 212 Å². The minimum atomic E-state index is -4.96. The summed E-state index contributed by atoms with van der Waals surface area (Å²) in [5, 5.41) is 10.6. The highest BCUT2D eigenvalue weighted by Gasteiger charge is 2.30. The van der Waals surface area contributed by atoms with Crippen LogP contribution in [-0.2, 0) is 65.4 Å². The Hall–Kier alpha value is -1.94. The van der Waals surface area contributed by atoms with E-state index in [2.05, 4.69) is 41.5 Å². The molecule has 0 aromatic carbocycles. The maximum atomic E-state index is 13.1. The smallest absolute Gasteiger partial charge is 0.462 e. The molecule has 95 heavy (non-hydrogen) atoms.